The Kier molecular flexibility index (Phi) is 12.7. The van der Waals surface area contributed by atoms with E-state index >= 15 is 0 Å². The first kappa shape index (κ1) is 33.1. The largest absolute Gasteiger partial charge is 0.369 e. The van der Waals surface area contributed by atoms with Gasteiger partial charge in [0.05, 0.1) is 6.04 Å². The Morgan fingerprint density at radius 3 is 2.41 bits per heavy atom. The van der Waals surface area contributed by atoms with Gasteiger partial charge in [0, 0.05) is 18.2 Å². The van der Waals surface area contributed by atoms with Gasteiger partial charge in [-0.25, -0.2) is 0 Å². The standard InChI is InChI=1S/C43H53N/c1-7-10-17-34(6)37-23-25-39(26-24-37)42(30-35-18-12-11-13-19-35)32-43(9-3)44(33(4)5)29-16-22-36(8-2)41-28-27-38-20-14-15-21-40(38)31-41/h7-9,11-12,15,18,21,23,25,27-28,30-31,36,43H,1-4,6,10,13-14,16-17,19-20,22,24,26,29,32H2,5H3/b42-30-. The van der Waals surface area contributed by atoms with Crippen LogP contribution < -0.4 is 0 Å². The summed E-state index contributed by atoms with van der Waals surface area (Å²) in [4.78, 5) is 2.47. The van der Waals surface area contributed by atoms with E-state index in [1.807, 2.05) is 6.08 Å². The Hall–Kier alpha value is -3.84. The third kappa shape index (κ3) is 9.08. The molecule has 0 spiro atoms. The number of aryl methyl sites for hydroxylation is 1. The summed E-state index contributed by atoms with van der Waals surface area (Å²) in [5.41, 5.74) is 12.2. The zero-order chi connectivity index (χ0) is 31.3. The maximum absolute atomic E-state index is 4.41. The molecule has 0 saturated carbocycles. The highest BCUT2D eigenvalue weighted by Gasteiger charge is 2.21. The number of allylic oxidation sites excluding steroid dienone is 14. The fraction of sp³-hybridized carbons (Fsp3) is 0.349. The second-order valence-electron chi connectivity index (χ2n) is 12.5. The minimum Gasteiger partial charge on any atom is -0.369 e. The van der Waals surface area contributed by atoms with Crippen LogP contribution in [0.4, 0.5) is 0 Å². The number of benzene rings is 1. The Morgan fingerprint density at radius 2 is 1.73 bits per heavy atom. The highest BCUT2D eigenvalue weighted by atomic mass is 15.2. The molecule has 3 aliphatic carbocycles. The zero-order valence-corrected chi connectivity index (χ0v) is 27.2. The number of nitrogens with zero attached hydrogens (tertiary/aromatic N) is 1. The molecule has 0 saturated heterocycles. The van der Waals surface area contributed by atoms with Crippen molar-refractivity contribution >= 4 is 6.08 Å². The molecule has 2 atom stereocenters. The van der Waals surface area contributed by atoms with Gasteiger partial charge in [-0.15, -0.1) is 19.7 Å². The van der Waals surface area contributed by atoms with Gasteiger partial charge in [-0.2, -0.15) is 0 Å². The lowest BCUT2D eigenvalue weighted by atomic mass is 9.85. The van der Waals surface area contributed by atoms with Crippen molar-refractivity contribution in [1.82, 2.24) is 4.90 Å². The van der Waals surface area contributed by atoms with Gasteiger partial charge in [-0.05, 0) is 117 Å². The summed E-state index contributed by atoms with van der Waals surface area (Å²) in [6.07, 6.45) is 36.2. The molecule has 1 heteroatoms. The second-order valence-corrected chi connectivity index (χ2v) is 12.5. The first-order valence-corrected chi connectivity index (χ1v) is 16.7. The van der Waals surface area contributed by atoms with E-state index < -0.39 is 0 Å². The average molecular weight is 584 g/mol. The summed E-state index contributed by atoms with van der Waals surface area (Å²) in [5, 5.41) is 0. The third-order valence-electron chi connectivity index (χ3n) is 9.34. The number of hydrogen-bond donors (Lipinski definition) is 0. The fourth-order valence-electron chi connectivity index (χ4n) is 6.65. The van der Waals surface area contributed by atoms with Gasteiger partial charge < -0.3 is 4.90 Å². The molecule has 0 amide bonds. The van der Waals surface area contributed by atoms with E-state index in [0.29, 0.717) is 5.92 Å². The number of hydrogen-bond acceptors (Lipinski definition) is 1. The topological polar surface area (TPSA) is 3.24 Å². The fourth-order valence-corrected chi connectivity index (χ4v) is 6.65. The summed E-state index contributed by atoms with van der Waals surface area (Å²) in [6.45, 7) is 24.2. The molecule has 0 fully saturated rings. The van der Waals surface area contributed by atoms with E-state index in [0.717, 1.165) is 82.9 Å². The molecular formula is C43H53N. The lowest BCUT2D eigenvalue weighted by molar-refractivity contribution is 0.284. The Balaban J connectivity index is 1.48. The van der Waals surface area contributed by atoms with Crippen molar-refractivity contribution in [3.05, 3.63) is 162 Å². The minimum absolute atomic E-state index is 0.184. The summed E-state index contributed by atoms with van der Waals surface area (Å²) in [5.74, 6) is 0.348. The molecule has 1 aromatic carbocycles. The molecule has 2 unspecified atom stereocenters. The molecular weight excluding hydrogens is 530 g/mol. The van der Waals surface area contributed by atoms with Crippen LogP contribution in [-0.2, 0) is 6.42 Å². The molecule has 1 nitrogen and oxygen atoms in total. The molecule has 0 heterocycles. The van der Waals surface area contributed by atoms with Crippen LogP contribution in [-0.4, -0.2) is 17.5 Å². The monoisotopic (exact) mass is 583 g/mol. The van der Waals surface area contributed by atoms with Crippen LogP contribution in [0.1, 0.15) is 93.7 Å². The molecule has 0 radical (unpaired) electrons. The third-order valence-corrected chi connectivity index (χ3v) is 9.34. The van der Waals surface area contributed by atoms with Crippen molar-refractivity contribution in [1.29, 1.82) is 0 Å². The quantitative estimate of drug-likeness (QED) is 0.165. The van der Waals surface area contributed by atoms with E-state index in [1.54, 1.807) is 0 Å². The Morgan fingerprint density at radius 1 is 0.932 bits per heavy atom. The molecule has 1 aromatic rings. The van der Waals surface area contributed by atoms with Gasteiger partial charge >= 0.3 is 0 Å². The molecule has 0 bridgehead atoms. The highest BCUT2D eigenvalue weighted by Crippen LogP contribution is 2.34. The maximum Gasteiger partial charge on any atom is 0.0507 e. The predicted molar refractivity (Wildman–Crippen MR) is 195 cm³/mol. The van der Waals surface area contributed by atoms with Crippen molar-refractivity contribution in [2.75, 3.05) is 6.54 Å². The van der Waals surface area contributed by atoms with Gasteiger partial charge in [0.2, 0.25) is 0 Å². The summed E-state index contributed by atoms with van der Waals surface area (Å²) >= 11 is 0. The van der Waals surface area contributed by atoms with E-state index in [2.05, 4.69) is 124 Å². The molecule has 4 rings (SSSR count). The molecule has 0 aromatic heterocycles. The van der Waals surface area contributed by atoms with Crippen LogP contribution in [0.3, 0.4) is 0 Å². The van der Waals surface area contributed by atoms with E-state index in [4.69, 9.17) is 0 Å². The molecule has 230 valence electrons. The van der Waals surface area contributed by atoms with Gasteiger partial charge in [0.15, 0.2) is 0 Å². The van der Waals surface area contributed by atoms with Crippen molar-refractivity contribution in [2.24, 2.45) is 0 Å². The number of rotatable bonds is 17. The SMILES string of the molecule is C=CCCC(=C)C1=CC=C(/C(=C\C2=CC=CCC2)CC(C=C)N(CCCC(C=C)c2ccc3c(c2)C=CCC3)C(=C)C)CC1. The summed E-state index contributed by atoms with van der Waals surface area (Å²) < 4.78 is 0. The number of fused-ring (bicyclic) bond motifs is 1. The average Bonchev–Trinajstić information content (AvgIpc) is 3.06. The van der Waals surface area contributed by atoms with Gasteiger partial charge in [0.1, 0.15) is 0 Å². The zero-order valence-electron chi connectivity index (χ0n) is 27.2. The van der Waals surface area contributed by atoms with E-state index in [1.165, 1.54) is 44.6 Å². The second kappa shape index (κ2) is 16.9. The van der Waals surface area contributed by atoms with E-state index in [-0.39, 0.29) is 6.04 Å². The van der Waals surface area contributed by atoms with Crippen LogP contribution in [0.25, 0.3) is 6.08 Å². The normalized spacial score (nSPS) is 17.4. The van der Waals surface area contributed by atoms with Gasteiger partial charge in [0.25, 0.3) is 0 Å². The summed E-state index contributed by atoms with van der Waals surface area (Å²) in [6, 6.07) is 7.19. The van der Waals surface area contributed by atoms with Crippen molar-refractivity contribution < 1.29 is 0 Å². The van der Waals surface area contributed by atoms with Gasteiger partial charge in [-0.1, -0.05) is 104 Å². The van der Waals surface area contributed by atoms with Crippen LogP contribution in [0.15, 0.2) is 145 Å². The highest BCUT2D eigenvalue weighted by molar-refractivity contribution is 5.58. The Bertz CT molecular complexity index is 1410. The molecule has 44 heavy (non-hydrogen) atoms. The molecule has 0 N–H and O–H groups in total. The van der Waals surface area contributed by atoms with E-state index in [9.17, 15) is 0 Å². The van der Waals surface area contributed by atoms with Crippen molar-refractivity contribution in [2.45, 2.75) is 89.5 Å². The smallest absolute Gasteiger partial charge is 0.0507 e. The predicted octanol–water partition coefficient (Wildman–Crippen LogP) is 11.8. The van der Waals surface area contributed by atoms with Crippen molar-refractivity contribution in [3.8, 4) is 0 Å². The van der Waals surface area contributed by atoms with Crippen LogP contribution in [0, 0.1) is 0 Å². The van der Waals surface area contributed by atoms with Crippen LogP contribution in [0.2, 0.25) is 0 Å². The van der Waals surface area contributed by atoms with Gasteiger partial charge in [-0.3, -0.25) is 0 Å². The maximum atomic E-state index is 4.41. The summed E-state index contributed by atoms with van der Waals surface area (Å²) in [7, 11) is 0. The Labute approximate surface area is 268 Å². The minimum atomic E-state index is 0.184. The first-order chi connectivity index (χ1) is 21.4. The van der Waals surface area contributed by atoms with Crippen LogP contribution >= 0.6 is 0 Å². The molecule has 0 aliphatic heterocycles. The first-order valence-electron chi connectivity index (χ1n) is 16.7. The lowest BCUT2D eigenvalue weighted by Gasteiger charge is -2.34. The lowest BCUT2D eigenvalue weighted by Crippen LogP contribution is -2.33. The molecule has 3 aliphatic rings. The van der Waals surface area contributed by atoms with Crippen molar-refractivity contribution in [3.63, 3.8) is 0 Å². The van der Waals surface area contributed by atoms with Crippen LogP contribution in [0.5, 0.6) is 0 Å².